The van der Waals surface area contributed by atoms with Crippen molar-refractivity contribution in [3.8, 4) is 5.75 Å². The summed E-state index contributed by atoms with van der Waals surface area (Å²) in [6.07, 6.45) is 0. The van der Waals surface area contributed by atoms with E-state index < -0.39 is 0 Å². The first-order valence-electron chi connectivity index (χ1n) is 5.98. The third kappa shape index (κ3) is 3.20. The van der Waals surface area contributed by atoms with E-state index in [0.717, 1.165) is 22.4 Å². The van der Waals surface area contributed by atoms with E-state index in [0.29, 0.717) is 11.8 Å². The molecule has 0 radical (unpaired) electrons. The fraction of sp³-hybridized carbons (Fsp3) is 0.571. The Morgan fingerprint density at radius 1 is 1.06 bits per heavy atom. The number of ether oxygens (including phenoxy) is 1. The van der Waals surface area contributed by atoms with Crippen molar-refractivity contribution in [2.24, 2.45) is 0 Å². The van der Waals surface area contributed by atoms with Crippen molar-refractivity contribution in [3.63, 3.8) is 0 Å². The zero-order chi connectivity index (χ0) is 13.0. The molecule has 0 amide bonds. The van der Waals surface area contributed by atoms with Crippen LogP contribution in [-0.2, 0) is 11.5 Å². The largest absolute Gasteiger partial charge is 0.496 e. The third-order valence-electron chi connectivity index (χ3n) is 2.89. The van der Waals surface area contributed by atoms with Crippen molar-refractivity contribution in [1.82, 2.24) is 0 Å². The highest BCUT2D eigenvalue weighted by Crippen LogP contribution is 2.35. The van der Waals surface area contributed by atoms with Crippen molar-refractivity contribution in [1.29, 1.82) is 0 Å². The summed E-state index contributed by atoms with van der Waals surface area (Å²) in [7, 11) is 1.70. The molecule has 0 saturated carbocycles. The lowest BCUT2D eigenvalue weighted by Crippen LogP contribution is -2.03. The Morgan fingerprint density at radius 2 is 1.53 bits per heavy atom. The monoisotopic (exact) mass is 238 g/mol. The van der Waals surface area contributed by atoms with E-state index in [-0.39, 0.29) is 6.61 Å². The highest BCUT2D eigenvalue weighted by molar-refractivity contribution is 5.47. The van der Waals surface area contributed by atoms with Crippen molar-refractivity contribution in [2.45, 2.75) is 46.1 Å². The minimum absolute atomic E-state index is 0.212. The number of rotatable bonds is 5. The van der Waals surface area contributed by atoms with Gasteiger partial charge in [0.15, 0.2) is 0 Å². The van der Waals surface area contributed by atoms with Gasteiger partial charge >= 0.3 is 0 Å². The number of methoxy groups -OCH3 is 1. The highest BCUT2D eigenvalue weighted by Gasteiger charge is 2.16. The molecule has 0 aliphatic carbocycles. The van der Waals surface area contributed by atoms with Crippen LogP contribution in [0.25, 0.3) is 0 Å². The predicted octanol–water partition coefficient (Wildman–Crippen LogP) is 3.93. The van der Waals surface area contributed by atoms with E-state index in [1.54, 1.807) is 7.11 Å². The molecule has 1 aromatic rings. The van der Waals surface area contributed by atoms with Crippen LogP contribution in [0.3, 0.4) is 0 Å². The summed E-state index contributed by atoms with van der Waals surface area (Å²) in [5, 5.41) is 8.57. The fourth-order valence-electron chi connectivity index (χ4n) is 1.99. The summed E-state index contributed by atoms with van der Waals surface area (Å²) in [4.78, 5) is 4.23. The molecule has 0 atom stereocenters. The topological polar surface area (TPSA) is 38.7 Å². The van der Waals surface area contributed by atoms with Gasteiger partial charge in [0.2, 0.25) is 0 Å². The van der Waals surface area contributed by atoms with Gasteiger partial charge < -0.3 is 4.74 Å². The molecule has 0 unspecified atom stereocenters. The smallest absolute Gasteiger partial charge is 0.125 e. The Labute approximate surface area is 103 Å². The maximum absolute atomic E-state index is 8.57. The second-order valence-corrected chi connectivity index (χ2v) is 4.89. The average Bonchev–Trinajstić information content (AvgIpc) is 2.28. The van der Waals surface area contributed by atoms with E-state index in [4.69, 9.17) is 9.99 Å². The molecular formula is C14H22O3. The second-order valence-electron chi connectivity index (χ2n) is 4.89. The van der Waals surface area contributed by atoms with E-state index >= 15 is 0 Å². The molecule has 3 heteroatoms. The molecule has 0 saturated heterocycles. The van der Waals surface area contributed by atoms with Gasteiger partial charge in [0.25, 0.3) is 0 Å². The summed E-state index contributed by atoms with van der Waals surface area (Å²) in [6, 6.07) is 4.07. The van der Waals surface area contributed by atoms with Gasteiger partial charge in [-0.25, -0.2) is 4.89 Å². The minimum Gasteiger partial charge on any atom is -0.496 e. The lowest BCUT2D eigenvalue weighted by atomic mass is 9.91. The van der Waals surface area contributed by atoms with Crippen LogP contribution in [0.15, 0.2) is 12.1 Å². The Kier molecular flexibility index (Phi) is 4.97. The van der Waals surface area contributed by atoms with Gasteiger partial charge in [-0.2, -0.15) is 0 Å². The van der Waals surface area contributed by atoms with Gasteiger partial charge in [-0.3, -0.25) is 5.26 Å². The SMILES string of the molecule is COc1c(C(C)C)cc(COO)cc1C(C)C. The summed E-state index contributed by atoms with van der Waals surface area (Å²) in [5.74, 6) is 1.71. The Bertz CT molecular complexity index is 341. The fourth-order valence-corrected chi connectivity index (χ4v) is 1.99. The number of hydrogen-bond donors (Lipinski definition) is 1. The first-order chi connectivity index (χ1) is 8.01. The lowest BCUT2D eigenvalue weighted by Gasteiger charge is -2.19. The number of hydrogen-bond acceptors (Lipinski definition) is 3. The zero-order valence-electron chi connectivity index (χ0n) is 11.3. The quantitative estimate of drug-likeness (QED) is 0.624. The van der Waals surface area contributed by atoms with Crippen LogP contribution >= 0.6 is 0 Å². The normalized spacial score (nSPS) is 11.3. The maximum Gasteiger partial charge on any atom is 0.125 e. The van der Waals surface area contributed by atoms with Crippen molar-refractivity contribution >= 4 is 0 Å². The van der Waals surface area contributed by atoms with Gasteiger partial charge in [-0.15, -0.1) is 0 Å². The highest BCUT2D eigenvalue weighted by atomic mass is 17.1. The van der Waals surface area contributed by atoms with Gasteiger partial charge in [0.05, 0.1) is 7.11 Å². The molecule has 0 heterocycles. The average molecular weight is 238 g/mol. The van der Waals surface area contributed by atoms with Crippen molar-refractivity contribution < 1.29 is 14.9 Å². The second kappa shape index (κ2) is 6.03. The molecule has 96 valence electrons. The Hall–Kier alpha value is -1.06. The minimum atomic E-state index is 0.212. The Balaban J connectivity index is 3.35. The summed E-state index contributed by atoms with van der Waals surface area (Å²) in [5.41, 5.74) is 3.29. The molecule has 0 aliphatic heterocycles. The molecular weight excluding hydrogens is 216 g/mol. The molecule has 1 rings (SSSR count). The van der Waals surface area contributed by atoms with Crippen LogP contribution in [0.5, 0.6) is 5.75 Å². The summed E-state index contributed by atoms with van der Waals surface area (Å²) >= 11 is 0. The van der Waals surface area contributed by atoms with Crippen molar-refractivity contribution in [2.75, 3.05) is 7.11 Å². The molecule has 17 heavy (non-hydrogen) atoms. The van der Waals surface area contributed by atoms with E-state index in [1.807, 2.05) is 12.1 Å². The third-order valence-corrected chi connectivity index (χ3v) is 2.89. The molecule has 3 nitrogen and oxygen atoms in total. The molecule has 0 bridgehead atoms. The van der Waals surface area contributed by atoms with E-state index in [9.17, 15) is 0 Å². The standard InChI is InChI=1S/C14H22O3/c1-9(2)12-6-11(8-17-15)7-13(10(3)4)14(12)16-5/h6-7,9-10,15H,8H2,1-5H3. The Morgan fingerprint density at radius 3 is 1.82 bits per heavy atom. The zero-order valence-corrected chi connectivity index (χ0v) is 11.3. The molecule has 0 fully saturated rings. The lowest BCUT2D eigenvalue weighted by molar-refractivity contribution is -0.253. The van der Waals surface area contributed by atoms with Gasteiger partial charge in [0.1, 0.15) is 12.4 Å². The predicted molar refractivity (Wildman–Crippen MR) is 68.6 cm³/mol. The van der Waals surface area contributed by atoms with Crippen molar-refractivity contribution in [3.05, 3.63) is 28.8 Å². The van der Waals surface area contributed by atoms with Crippen LogP contribution in [-0.4, -0.2) is 12.4 Å². The summed E-state index contributed by atoms with van der Waals surface area (Å²) < 4.78 is 5.53. The molecule has 0 aromatic heterocycles. The van der Waals surface area contributed by atoms with Gasteiger partial charge in [0, 0.05) is 0 Å². The van der Waals surface area contributed by atoms with Crippen LogP contribution in [0.2, 0.25) is 0 Å². The molecule has 0 aliphatic rings. The number of benzene rings is 1. The summed E-state index contributed by atoms with van der Waals surface area (Å²) in [6.45, 7) is 8.73. The molecule has 1 aromatic carbocycles. The maximum atomic E-state index is 8.57. The van der Waals surface area contributed by atoms with Gasteiger partial charge in [-0.1, -0.05) is 27.7 Å². The van der Waals surface area contributed by atoms with Gasteiger partial charge in [-0.05, 0) is 40.7 Å². The molecule has 1 N–H and O–H groups in total. The first-order valence-corrected chi connectivity index (χ1v) is 5.98. The van der Waals surface area contributed by atoms with Crippen LogP contribution in [0.4, 0.5) is 0 Å². The molecule has 0 spiro atoms. The van der Waals surface area contributed by atoms with Crippen LogP contribution in [0.1, 0.15) is 56.2 Å². The van der Waals surface area contributed by atoms with Crippen LogP contribution in [0, 0.1) is 0 Å². The van der Waals surface area contributed by atoms with E-state index in [2.05, 4.69) is 32.6 Å². The van der Waals surface area contributed by atoms with Crippen LogP contribution < -0.4 is 4.74 Å². The van der Waals surface area contributed by atoms with E-state index in [1.165, 1.54) is 0 Å². The first kappa shape index (κ1) is 14.0.